The van der Waals surface area contributed by atoms with Gasteiger partial charge in [0.1, 0.15) is 0 Å². The second-order valence-electron chi connectivity index (χ2n) is 6.55. The largest absolute Gasteiger partial charge is 0.333 e. The van der Waals surface area contributed by atoms with Gasteiger partial charge in [-0.3, -0.25) is 9.52 Å². The van der Waals surface area contributed by atoms with Gasteiger partial charge in [0, 0.05) is 36.9 Å². The number of aryl methyl sites for hydroxylation is 1. The first-order valence-corrected chi connectivity index (χ1v) is 10.1. The molecule has 1 fully saturated rings. The van der Waals surface area contributed by atoms with Gasteiger partial charge >= 0.3 is 0 Å². The molecule has 0 bridgehead atoms. The Balaban J connectivity index is 1.85. The maximum absolute atomic E-state index is 12.8. The number of nitrogens with one attached hydrogen (secondary N) is 2. The summed E-state index contributed by atoms with van der Waals surface area (Å²) >= 11 is 0. The molecule has 2 aromatic rings. The SMILES string of the molecule is Cc1cccc(NS(=O)(=O)c2cccc(C(=O)N3CCNCC3C)c2)c1. The first-order valence-electron chi connectivity index (χ1n) is 8.58. The molecule has 1 aliphatic rings. The summed E-state index contributed by atoms with van der Waals surface area (Å²) in [6.07, 6.45) is 0. The van der Waals surface area contributed by atoms with Gasteiger partial charge in [-0.15, -0.1) is 0 Å². The van der Waals surface area contributed by atoms with Crippen LogP contribution in [0, 0.1) is 6.92 Å². The number of rotatable bonds is 4. The molecule has 1 heterocycles. The smallest absolute Gasteiger partial charge is 0.261 e. The quantitative estimate of drug-likeness (QED) is 0.861. The molecule has 0 radical (unpaired) electrons. The minimum Gasteiger partial charge on any atom is -0.333 e. The predicted molar refractivity (Wildman–Crippen MR) is 102 cm³/mol. The van der Waals surface area contributed by atoms with E-state index >= 15 is 0 Å². The van der Waals surface area contributed by atoms with E-state index in [0.717, 1.165) is 18.7 Å². The Morgan fingerprint density at radius 1 is 1.19 bits per heavy atom. The molecule has 1 saturated heterocycles. The fourth-order valence-corrected chi connectivity index (χ4v) is 4.12. The third-order valence-electron chi connectivity index (χ3n) is 4.42. The molecule has 26 heavy (non-hydrogen) atoms. The molecule has 1 unspecified atom stereocenters. The van der Waals surface area contributed by atoms with Crippen LogP contribution in [0.4, 0.5) is 5.69 Å². The van der Waals surface area contributed by atoms with Crippen LogP contribution in [0.3, 0.4) is 0 Å². The van der Waals surface area contributed by atoms with Crippen molar-refractivity contribution in [2.45, 2.75) is 24.8 Å². The summed E-state index contributed by atoms with van der Waals surface area (Å²) in [6, 6.07) is 13.4. The van der Waals surface area contributed by atoms with Gasteiger partial charge in [-0.25, -0.2) is 8.42 Å². The molecule has 1 aliphatic heterocycles. The van der Waals surface area contributed by atoms with Gasteiger partial charge in [-0.1, -0.05) is 18.2 Å². The zero-order valence-corrected chi connectivity index (χ0v) is 15.7. The van der Waals surface area contributed by atoms with Crippen molar-refractivity contribution in [2.75, 3.05) is 24.4 Å². The van der Waals surface area contributed by atoms with Crippen molar-refractivity contribution in [1.29, 1.82) is 0 Å². The summed E-state index contributed by atoms with van der Waals surface area (Å²) in [7, 11) is -3.76. The molecule has 0 aromatic heterocycles. The zero-order valence-electron chi connectivity index (χ0n) is 14.9. The van der Waals surface area contributed by atoms with E-state index in [1.807, 2.05) is 19.9 Å². The monoisotopic (exact) mass is 373 g/mol. The molecule has 2 N–H and O–H groups in total. The summed E-state index contributed by atoms with van der Waals surface area (Å²) in [6.45, 7) is 5.95. The van der Waals surface area contributed by atoms with Crippen LogP contribution >= 0.6 is 0 Å². The van der Waals surface area contributed by atoms with E-state index in [1.165, 1.54) is 12.1 Å². The van der Waals surface area contributed by atoms with E-state index in [-0.39, 0.29) is 16.8 Å². The maximum atomic E-state index is 12.8. The fourth-order valence-electron chi connectivity index (χ4n) is 3.03. The van der Waals surface area contributed by atoms with Crippen LogP contribution in [0.2, 0.25) is 0 Å². The lowest BCUT2D eigenvalue weighted by Gasteiger charge is -2.34. The minimum absolute atomic E-state index is 0.0712. The number of amides is 1. The molecule has 1 amide bonds. The number of carbonyl (C=O) groups excluding carboxylic acids is 1. The lowest BCUT2D eigenvalue weighted by atomic mass is 10.1. The van der Waals surface area contributed by atoms with Gasteiger partial charge in [-0.2, -0.15) is 0 Å². The normalized spacial score (nSPS) is 17.8. The molecule has 0 aliphatic carbocycles. The molecule has 3 rings (SSSR count). The first-order chi connectivity index (χ1) is 12.4. The van der Waals surface area contributed by atoms with Crippen molar-refractivity contribution in [3.05, 3.63) is 59.7 Å². The van der Waals surface area contributed by atoms with Gasteiger partial charge in [0.25, 0.3) is 15.9 Å². The predicted octanol–water partition coefficient (Wildman–Crippen LogP) is 2.23. The van der Waals surface area contributed by atoms with E-state index in [1.54, 1.807) is 35.2 Å². The van der Waals surface area contributed by atoms with E-state index in [4.69, 9.17) is 0 Å². The van der Waals surface area contributed by atoms with Crippen LogP contribution in [0.1, 0.15) is 22.8 Å². The molecule has 1 atom stereocenters. The molecule has 0 spiro atoms. The lowest BCUT2D eigenvalue weighted by Crippen LogP contribution is -2.52. The van der Waals surface area contributed by atoms with Crippen LogP contribution in [0.25, 0.3) is 0 Å². The Morgan fingerprint density at radius 2 is 1.96 bits per heavy atom. The van der Waals surface area contributed by atoms with Crippen molar-refractivity contribution in [2.24, 2.45) is 0 Å². The molecule has 138 valence electrons. The molecular weight excluding hydrogens is 350 g/mol. The molecule has 6 nitrogen and oxygen atoms in total. The van der Waals surface area contributed by atoms with E-state index in [9.17, 15) is 13.2 Å². The molecule has 0 saturated carbocycles. The molecule has 7 heteroatoms. The van der Waals surface area contributed by atoms with E-state index in [2.05, 4.69) is 10.0 Å². The van der Waals surface area contributed by atoms with E-state index in [0.29, 0.717) is 17.8 Å². The second-order valence-corrected chi connectivity index (χ2v) is 8.24. The average molecular weight is 373 g/mol. The van der Waals surface area contributed by atoms with Crippen molar-refractivity contribution < 1.29 is 13.2 Å². The Hall–Kier alpha value is -2.38. The van der Waals surface area contributed by atoms with Crippen LogP contribution < -0.4 is 10.0 Å². The number of anilines is 1. The summed E-state index contributed by atoms with van der Waals surface area (Å²) in [5.41, 5.74) is 1.84. The molecule has 2 aromatic carbocycles. The van der Waals surface area contributed by atoms with Gasteiger partial charge < -0.3 is 10.2 Å². The van der Waals surface area contributed by atoms with Gasteiger partial charge in [-0.05, 0) is 49.7 Å². The topological polar surface area (TPSA) is 78.5 Å². The Labute approximate surface area is 154 Å². The number of piperazine rings is 1. The summed E-state index contributed by atoms with van der Waals surface area (Å²) in [5.74, 6) is -0.147. The highest BCUT2D eigenvalue weighted by molar-refractivity contribution is 7.92. The van der Waals surface area contributed by atoms with Crippen molar-refractivity contribution in [3.63, 3.8) is 0 Å². The first kappa shape index (κ1) is 18.4. The van der Waals surface area contributed by atoms with Crippen LogP contribution in [-0.4, -0.2) is 44.9 Å². The van der Waals surface area contributed by atoms with E-state index < -0.39 is 10.0 Å². The summed E-state index contributed by atoms with van der Waals surface area (Å²) in [4.78, 5) is 14.6. The van der Waals surface area contributed by atoms with Gasteiger partial charge in [0.05, 0.1) is 4.90 Å². The third-order valence-corrected chi connectivity index (χ3v) is 5.80. The minimum atomic E-state index is -3.76. The van der Waals surface area contributed by atoms with Crippen molar-refractivity contribution in [1.82, 2.24) is 10.2 Å². The van der Waals surface area contributed by atoms with Gasteiger partial charge in [0.15, 0.2) is 0 Å². The fraction of sp³-hybridized carbons (Fsp3) is 0.316. The van der Waals surface area contributed by atoms with Crippen LogP contribution in [-0.2, 0) is 10.0 Å². The molecular formula is C19H23N3O3S. The average Bonchev–Trinajstić information content (AvgIpc) is 2.61. The highest BCUT2D eigenvalue weighted by Gasteiger charge is 2.25. The van der Waals surface area contributed by atoms with Gasteiger partial charge in [0.2, 0.25) is 0 Å². The highest BCUT2D eigenvalue weighted by Crippen LogP contribution is 2.19. The Bertz CT molecular complexity index is 912. The lowest BCUT2D eigenvalue weighted by molar-refractivity contribution is 0.0655. The Kier molecular flexibility index (Phi) is 5.29. The highest BCUT2D eigenvalue weighted by atomic mass is 32.2. The van der Waals surface area contributed by atoms with Crippen LogP contribution in [0.5, 0.6) is 0 Å². The second kappa shape index (κ2) is 7.47. The Morgan fingerprint density at radius 3 is 2.69 bits per heavy atom. The van der Waals surface area contributed by atoms with Crippen LogP contribution in [0.15, 0.2) is 53.4 Å². The zero-order chi connectivity index (χ0) is 18.7. The third kappa shape index (κ3) is 4.05. The summed E-state index contributed by atoms with van der Waals surface area (Å²) in [5, 5.41) is 3.24. The number of nitrogens with zero attached hydrogens (tertiary/aromatic N) is 1. The van der Waals surface area contributed by atoms with Crippen molar-refractivity contribution >= 4 is 21.6 Å². The number of hydrogen-bond acceptors (Lipinski definition) is 4. The number of sulfonamides is 1. The van der Waals surface area contributed by atoms with Crippen molar-refractivity contribution in [3.8, 4) is 0 Å². The standard InChI is InChI=1S/C19H23N3O3S/c1-14-5-3-7-17(11-14)21-26(24,25)18-8-4-6-16(12-18)19(23)22-10-9-20-13-15(22)2/h3-8,11-12,15,20-21H,9-10,13H2,1-2H3. The summed E-state index contributed by atoms with van der Waals surface area (Å²) < 4.78 is 27.9. The maximum Gasteiger partial charge on any atom is 0.261 e. The number of hydrogen-bond donors (Lipinski definition) is 2. The number of benzene rings is 2. The number of carbonyl (C=O) groups is 1.